The molecule has 18 heavy (non-hydrogen) atoms. The number of aromatic nitrogens is 2. The number of nitrogen functional groups attached to an aromatic ring is 1. The third-order valence-corrected chi connectivity index (χ3v) is 3.02. The zero-order chi connectivity index (χ0) is 13.1. The van der Waals surface area contributed by atoms with E-state index in [1.54, 1.807) is 4.68 Å². The van der Waals surface area contributed by atoms with E-state index in [2.05, 4.69) is 21.0 Å². The molecule has 0 bridgehead atoms. The Bertz CT molecular complexity index is 580. The smallest absolute Gasteiger partial charge is 0.308 e. The van der Waals surface area contributed by atoms with Crippen LogP contribution in [0.2, 0.25) is 0 Å². The molecule has 2 rings (SSSR count). The molecule has 0 radical (unpaired) electrons. The molecule has 6 heteroatoms. The molecule has 5 nitrogen and oxygen atoms in total. The molecular formula is C12H12BrN3O2. The van der Waals surface area contributed by atoms with Gasteiger partial charge in [-0.1, -0.05) is 28.1 Å². The molecule has 1 heterocycles. The van der Waals surface area contributed by atoms with Gasteiger partial charge in [-0.25, -0.2) is 4.68 Å². The summed E-state index contributed by atoms with van der Waals surface area (Å²) in [6.07, 6.45) is 1.39. The van der Waals surface area contributed by atoms with Crippen LogP contribution in [0, 0.1) is 0 Å². The first-order valence-corrected chi connectivity index (χ1v) is 6.12. The second kappa shape index (κ2) is 5.22. The van der Waals surface area contributed by atoms with Gasteiger partial charge in [-0.2, -0.15) is 5.10 Å². The molecule has 0 saturated heterocycles. The van der Waals surface area contributed by atoms with Gasteiger partial charge in [-0.15, -0.1) is 0 Å². The van der Waals surface area contributed by atoms with E-state index in [1.165, 1.54) is 6.20 Å². The summed E-state index contributed by atoms with van der Waals surface area (Å²) in [4.78, 5) is 10.6. The van der Waals surface area contributed by atoms with Crippen molar-refractivity contribution in [3.05, 3.63) is 46.1 Å². The molecule has 0 spiro atoms. The molecule has 94 valence electrons. The van der Waals surface area contributed by atoms with E-state index in [0.717, 1.165) is 10.0 Å². The standard InChI is InChI=1S/C12H12BrN3O2/c13-10-3-1-2-8(4-10)7-16-12(14)9(6-15-16)5-11(17)18/h1-4,6H,5,7,14H2,(H,17,18). The quantitative estimate of drug-likeness (QED) is 0.904. The Morgan fingerprint density at radius 2 is 2.28 bits per heavy atom. The Kier molecular flexibility index (Phi) is 3.66. The average Bonchev–Trinajstić information content (AvgIpc) is 2.61. The summed E-state index contributed by atoms with van der Waals surface area (Å²) in [5.41, 5.74) is 7.44. The molecule has 0 amide bonds. The van der Waals surface area contributed by atoms with Crippen molar-refractivity contribution in [3.8, 4) is 0 Å². The van der Waals surface area contributed by atoms with Crippen molar-refractivity contribution < 1.29 is 9.90 Å². The largest absolute Gasteiger partial charge is 0.481 e. The highest BCUT2D eigenvalue weighted by atomic mass is 79.9. The van der Waals surface area contributed by atoms with Gasteiger partial charge in [-0.05, 0) is 17.7 Å². The van der Waals surface area contributed by atoms with Gasteiger partial charge < -0.3 is 10.8 Å². The van der Waals surface area contributed by atoms with Crippen LogP contribution in [0.15, 0.2) is 34.9 Å². The molecule has 1 aromatic heterocycles. The predicted molar refractivity (Wildman–Crippen MR) is 71.2 cm³/mol. The zero-order valence-corrected chi connectivity index (χ0v) is 11.1. The molecule has 0 aliphatic rings. The number of aliphatic carboxylic acids is 1. The van der Waals surface area contributed by atoms with Crippen LogP contribution in [0.4, 0.5) is 5.82 Å². The first-order chi connectivity index (χ1) is 8.56. The molecule has 0 fully saturated rings. The minimum Gasteiger partial charge on any atom is -0.481 e. The number of benzene rings is 1. The summed E-state index contributed by atoms with van der Waals surface area (Å²) >= 11 is 3.39. The third kappa shape index (κ3) is 2.89. The van der Waals surface area contributed by atoms with E-state index >= 15 is 0 Å². The molecule has 0 saturated carbocycles. The van der Waals surface area contributed by atoms with Gasteiger partial charge in [0, 0.05) is 10.0 Å². The molecule has 1 aromatic carbocycles. The number of anilines is 1. The van der Waals surface area contributed by atoms with Gasteiger partial charge in [-0.3, -0.25) is 4.79 Å². The third-order valence-electron chi connectivity index (χ3n) is 2.52. The van der Waals surface area contributed by atoms with E-state index in [9.17, 15) is 4.79 Å². The number of carboxylic acid groups (broad SMARTS) is 1. The first kappa shape index (κ1) is 12.6. The molecule has 2 aromatic rings. The van der Waals surface area contributed by atoms with Crippen LogP contribution in [-0.2, 0) is 17.8 Å². The Hall–Kier alpha value is -1.82. The molecule has 0 aliphatic carbocycles. The van der Waals surface area contributed by atoms with Crippen LogP contribution in [0.1, 0.15) is 11.1 Å². The number of halogens is 1. The number of rotatable bonds is 4. The lowest BCUT2D eigenvalue weighted by atomic mass is 10.2. The fourth-order valence-corrected chi connectivity index (χ4v) is 2.11. The van der Waals surface area contributed by atoms with Crippen molar-refractivity contribution in [1.82, 2.24) is 9.78 Å². The summed E-state index contributed by atoms with van der Waals surface area (Å²) in [7, 11) is 0. The van der Waals surface area contributed by atoms with E-state index < -0.39 is 5.97 Å². The summed E-state index contributed by atoms with van der Waals surface area (Å²) in [6.45, 7) is 0.519. The lowest BCUT2D eigenvalue weighted by molar-refractivity contribution is -0.136. The second-order valence-electron chi connectivity index (χ2n) is 3.91. The summed E-state index contributed by atoms with van der Waals surface area (Å²) < 4.78 is 2.58. The van der Waals surface area contributed by atoms with Gasteiger partial charge in [0.15, 0.2) is 0 Å². The number of carboxylic acids is 1. The van der Waals surface area contributed by atoms with Crippen molar-refractivity contribution in [2.24, 2.45) is 0 Å². The fourth-order valence-electron chi connectivity index (χ4n) is 1.67. The van der Waals surface area contributed by atoms with Crippen LogP contribution in [0.3, 0.4) is 0 Å². The van der Waals surface area contributed by atoms with Gasteiger partial charge in [0.25, 0.3) is 0 Å². The molecule has 3 N–H and O–H groups in total. The first-order valence-electron chi connectivity index (χ1n) is 5.32. The molecule has 0 unspecified atom stereocenters. The lowest BCUT2D eigenvalue weighted by Crippen LogP contribution is -2.08. The van der Waals surface area contributed by atoms with Crippen molar-refractivity contribution in [2.45, 2.75) is 13.0 Å². The average molecular weight is 310 g/mol. The van der Waals surface area contributed by atoms with Gasteiger partial charge >= 0.3 is 5.97 Å². The second-order valence-corrected chi connectivity index (χ2v) is 4.83. The number of nitrogens with zero attached hydrogens (tertiary/aromatic N) is 2. The Balaban J connectivity index is 2.20. The normalized spacial score (nSPS) is 10.5. The van der Waals surface area contributed by atoms with Crippen LogP contribution < -0.4 is 5.73 Å². The van der Waals surface area contributed by atoms with E-state index in [0.29, 0.717) is 17.9 Å². The maximum Gasteiger partial charge on any atom is 0.308 e. The summed E-state index contributed by atoms with van der Waals surface area (Å²) in [5, 5.41) is 12.8. The van der Waals surface area contributed by atoms with E-state index in [1.807, 2.05) is 24.3 Å². The summed E-state index contributed by atoms with van der Waals surface area (Å²) in [5.74, 6) is -0.513. The number of hydrogen-bond donors (Lipinski definition) is 2. The number of nitrogens with two attached hydrogens (primary N) is 1. The predicted octanol–water partition coefficient (Wildman–Crippen LogP) is 1.90. The summed E-state index contributed by atoms with van der Waals surface area (Å²) in [6, 6.07) is 7.80. The zero-order valence-electron chi connectivity index (χ0n) is 9.51. The van der Waals surface area contributed by atoms with Crippen LogP contribution in [0.5, 0.6) is 0 Å². The van der Waals surface area contributed by atoms with Crippen LogP contribution in [0.25, 0.3) is 0 Å². The van der Waals surface area contributed by atoms with Crippen molar-refractivity contribution in [2.75, 3.05) is 5.73 Å². The highest BCUT2D eigenvalue weighted by Gasteiger charge is 2.10. The number of carbonyl (C=O) groups is 1. The monoisotopic (exact) mass is 309 g/mol. The lowest BCUT2D eigenvalue weighted by Gasteiger charge is -2.05. The van der Waals surface area contributed by atoms with Crippen LogP contribution in [-0.4, -0.2) is 20.9 Å². The van der Waals surface area contributed by atoms with Crippen molar-refractivity contribution in [1.29, 1.82) is 0 Å². The number of hydrogen-bond acceptors (Lipinski definition) is 3. The Labute approximate surface area is 112 Å². The van der Waals surface area contributed by atoms with Gasteiger partial charge in [0.05, 0.1) is 19.2 Å². The minimum atomic E-state index is -0.913. The SMILES string of the molecule is Nc1c(CC(=O)O)cnn1Cc1cccc(Br)c1. The van der Waals surface area contributed by atoms with Gasteiger partial charge in [0.2, 0.25) is 0 Å². The maximum absolute atomic E-state index is 10.6. The van der Waals surface area contributed by atoms with Crippen LogP contribution >= 0.6 is 15.9 Å². The molecule has 0 atom stereocenters. The Morgan fingerprint density at radius 1 is 1.50 bits per heavy atom. The van der Waals surface area contributed by atoms with E-state index in [4.69, 9.17) is 10.8 Å². The van der Waals surface area contributed by atoms with Crippen molar-refractivity contribution in [3.63, 3.8) is 0 Å². The fraction of sp³-hybridized carbons (Fsp3) is 0.167. The maximum atomic E-state index is 10.6. The highest BCUT2D eigenvalue weighted by Crippen LogP contribution is 2.16. The highest BCUT2D eigenvalue weighted by molar-refractivity contribution is 9.10. The molecule has 0 aliphatic heterocycles. The van der Waals surface area contributed by atoms with Crippen molar-refractivity contribution >= 4 is 27.7 Å². The topological polar surface area (TPSA) is 81.1 Å². The minimum absolute atomic E-state index is 0.107. The molecular weight excluding hydrogens is 298 g/mol. The van der Waals surface area contributed by atoms with Gasteiger partial charge in [0.1, 0.15) is 5.82 Å². The van der Waals surface area contributed by atoms with E-state index in [-0.39, 0.29) is 6.42 Å². The Morgan fingerprint density at radius 3 is 2.94 bits per heavy atom.